The Morgan fingerprint density at radius 3 is 2.47 bits per heavy atom. The van der Waals surface area contributed by atoms with E-state index in [0.29, 0.717) is 18.1 Å². The van der Waals surface area contributed by atoms with Crippen molar-refractivity contribution < 1.29 is 19.2 Å². The van der Waals surface area contributed by atoms with Gasteiger partial charge < -0.3 is 14.4 Å². The van der Waals surface area contributed by atoms with Crippen LogP contribution in [-0.2, 0) is 0 Å². The van der Waals surface area contributed by atoms with Crippen LogP contribution >= 0.6 is 27.3 Å². The number of aromatic nitrogens is 1. The molecule has 0 spiro atoms. The van der Waals surface area contributed by atoms with Gasteiger partial charge in [0, 0.05) is 17.1 Å². The SMILES string of the molecule is COc1cc(C(=O)N(CCCN(C)C)c2nc3ccc(Br)cc3s2)c([N+](=O)[O-])cc1OC. The van der Waals surface area contributed by atoms with Gasteiger partial charge in [-0.2, -0.15) is 0 Å². The zero-order valence-corrected chi connectivity index (χ0v) is 20.5. The van der Waals surface area contributed by atoms with E-state index in [1.165, 1.54) is 42.6 Å². The molecule has 1 heterocycles. The molecule has 3 rings (SSSR count). The number of methoxy groups -OCH3 is 2. The van der Waals surface area contributed by atoms with Gasteiger partial charge >= 0.3 is 0 Å². The minimum Gasteiger partial charge on any atom is -0.493 e. The summed E-state index contributed by atoms with van der Waals surface area (Å²) in [6.45, 7) is 1.09. The number of fused-ring (bicyclic) bond motifs is 1. The second-order valence-corrected chi connectivity index (χ2v) is 9.13. The van der Waals surface area contributed by atoms with Gasteiger partial charge in [0.2, 0.25) is 0 Å². The first-order chi connectivity index (χ1) is 15.2. The molecule has 11 heteroatoms. The molecule has 170 valence electrons. The van der Waals surface area contributed by atoms with Crippen LogP contribution in [0.25, 0.3) is 10.2 Å². The van der Waals surface area contributed by atoms with E-state index in [4.69, 9.17) is 9.47 Å². The third kappa shape index (κ3) is 5.17. The monoisotopic (exact) mass is 522 g/mol. The molecule has 0 fully saturated rings. The van der Waals surface area contributed by atoms with Crippen LogP contribution in [0, 0.1) is 10.1 Å². The predicted molar refractivity (Wildman–Crippen MR) is 128 cm³/mol. The van der Waals surface area contributed by atoms with E-state index in [0.717, 1.165) is 21.2 Å². The van der Waals surface area contributed by atoms with E-state index in [1.54, 1.807) is 0 Å². The van der Waals surface area contributed by atoms with Crippen molar-refractivity contribution in [3.63, 3.8) is 0 Å². The Morgan fingerprint density at radius 2 is 1.84 bits per heavy atom. The fourth-order valence-electron chi connectivity index (χ4n) is 3.17. The molecule has 0 atom stereocenters. The van der Waals surface area contributed by atoms with Crippen molar-refractivity contribution in [2.24, 2.45) is 0 Å². The summed E-state index contributed by atoms with van der Waals surface area (Å²) in [7, 11) is 6.69. The van der Waals surface area contributed by atoms with Gasteiger partial charge in [0.25, 0.3) is 11.6 Å². The van der Waals surface area contributed by atoms with Crippen molar-refractivity contribution in [2.45, 2.75) is 6.42 Å². The average molecular weight is 523 g/mol. The molecule has 0 aliphatic carbocycles. The second-order valence-electron chi connectivity index (χ2n) is 7.20. The summed E-state index contributed by atoms with van der Waals surface area (Å²) in [5.41, 5.74) is 0.312. The minimum absolute atomic E-state index is 0.0852. The Labute approximate surface area is 197 Å². The predicted octanol–water partition coefficient (Wildman–Crippen LogP) is 4.58. The summed E-state index contributed by atoms with van der Waals surface area (Å²) < 4.78 is 12.3. The van der Waals surface area contributed by atoms with Crippen LogP contribution in [0.3, 0.4) is 0 Å². The Balaban J connectivity index is 2.09. The lowest BCUT2D eigenvalue weighted by Crippen LogP contribution is -2.34. The zero-order chi connectivity index (χ0) is 23.4. The normalized spacial score (nSPS) is 11.1. The molecule has 1 aromatic heterocycles. The third-order valence-corrected chi connectivity index (χ3v) is 6.27. The fraction of sp³-hybridized carbons (Fsp3) is 0.333. The fourth-order valence-corrected chi connectivity index (χ4v) is 4.71. The van der Waals surface area contributed by atoms with E-state index in [2.05, 4.69) is 20.9 Å². The summed E-state index contributed by atoms with van der Waals surface area (Å²) in [6, 6.07) is 8.23. The Kier molecular flexibility index (Phi) is 7.64. The number of carbonyl (C=O) groups excluding carboxylic acids is 1. The van der Waals surface area contributed by atoms with E-state index in [9.17, 15) is 14.9 Å². The quantitative estimate of drug-likeness (QED) is 0.299. The van der Waals surface area contributed by atoms with Gasteiger partial charge in [-0.3, -0.25) is 19.8 Å². The van der Waals surface area contributed by atoms with Crippen molar-refractivity contribution >= 4 is 54.2 Å². The number of ether oxygens (including phenoxy) is 2. The zero-order valence-electron chi connectivity index (χ0n) is 18.1. The van der Waals surface area contributed by atoms with E-state index in [1.807, 2.05) is 37.2 Å². The number of carbonyl (C=O) groups is 1. The molecule has 1 amide bonds. The summed E-state index contributed by atoms with van der Waals surface area (Å²) >= 11 is 4.81. The van der Waals surface area contributed by atoms with E-state index < -0.39 is 10.8 Å². The van der Waals surface area contributed by atoms with Crippen molar-refractivity contribution in [3.05, 3.63) is 50.5 Å². The van der Waals surface area contributed by atoms with Crippen LogP contribution in [0.2, 0.25) is 0 Å². The molecular formula is C21H23BrN4O5S. The van der Waals surface area contributed by atoms with Crippen LogP contribution in [-0.4, -0.2) is 62.1 Å². The largest absolute Gasteiger partial charge is 0.493 e. The lowest BCUT2D eigenvalue weighted by molar-refractivity contribution is -0.385. The Morgan fingerprint density at radius 1 is 1.16 bits per heavy atom. The number of amides is 1. The highest BCUT2D eigenvalue weighted by Gasteiger charge is 2.30. The van der Waals surface area contributed by atoms with Crippen LogP contribution in [0.15, 0.2) is 34.8 Å². The summed E-state index contributed by atoms with van der Waals surface area (Å²) in [6.07, 6.45) is 0.666. The van der Waals surface area contributed by atoms with Gasteiger partial charge in [-0.1, -0.05) is 27.3 Å². The number of halogens is 1. The maximum Gasteiger partial charge on any atom is 0.286 e. The molecule has 0 saturated heterocycles. The lowest BCUT2D eigenvalue weighted by atomic mass is 10.1. The van der Waals surface area contributed by atoms with Gasteiger partial charge in [0.1, 0.15) is 5.56 Å². The Hall–Kier alpha value is -2.76. The van der Waals surface area contributed by atoms with Crippen LogP contribution < -0.4 is 14.4 Å². The lowest BCUT2D eigenvalue weighted by Gasteiger charge is -2.21. The summed E-state index contributed by atoms with van der Waals surface area (Å²) in [4.78, 5) is 32.9. The van der Waals surface area contributed by atoms with Crippen molar-refractivity contribution in [1.82, 2.24) is 9.88 Å². The molecule has 32 heavy (non-hydrogen) atoms. The number of nitrogens with zero attached hydrogens (tertiary/aromatic N) is 4. The highest BCUT2D eigenvalue weighted by Crippen LogP contribution is 2.37. The van der Waals surface area contributed by atoms with Crippen molar-refractivity contribution in [2.75, 3.05) is 46.3 Å². The molecule has 0 aliphatic heterocycles. The molecule has 3 aromatic rings. The number of nitro benzene ring substituents is 1. The standard InChI is InChI=1S/C21H23BrN4O5S/c1-24(2)8-5-9-25(21-23-15-7-6-13(22)10-19(15)32-21)20(27)14-11-17(30-3)18(31-4)12-16(14)26(28)29/h6-7,10-12H,5,8-9H2,1-4H3. The summed E-state index contributed by atoms with van der Waals surface area (Å²) in [5, 5.41) is 12.2. The first-order valence-electron chi connectivity index (χ1n) is 9.68. The highest BCUT2D eigenvalue weighted by molar-refractivity contribution is 9.10. The topological polar surface area (TPSA) is 98.0 Å². The van der Waals surface area contributed by atoms with E-state index in [-0.39, 0.29) is 22.7 Å². The number of thiazole rings is 1. The molecule has 0 radical (unpaired) electrons. The molecule has 2 aromatic carbocycles. The van der Waals surface area contributed by atoms with Gasteiger partial charge in [-0.15, -0.1) is 0 Å². The smallest absolute Gasteiger partial charge is 0.286 e. The maximum atomic E-state index is 13.6. The van der Waals surface area contributed by atoms with Gasteiger partial charge in [0.05, 0.1) is 35.4 Å². The van der Waals surface area contributed by atoms with Crippen molar-refractivity contribution in [1.29, 1.82) is 0 Å². The molecular weight excluding hydrogens is 500 g/mol. The Bertz CT molecular complexity index is 1150. The highest BCUT2D eigenvalue weighted by atomic mass is 79.9. The molecule has 0 saturated carbocycles. The second kappa shape index (κ2) is 10.2. The number of anilines is 1. The summed E-state index contributed by atoms with van der Waals surface area (Å²) in [5.74, 6) is -0.0998. The van der Waals surface area contributed by atoms with Crippen LogP contribution in [0.4, 0.5) is 10.8 Å². The van der Waals surface area contributed by atoms with Crippen LogP contribution in [0.5, 0.6) is 11.5 Å². The molecule has 0 N–H and O–H groups in total. The van der Waals surface area contributed by atoms with Crippen molar-refractivity contribution in [3.8, 4) is 11.5 Å². The van der Waals surface area contributed by atoms with Crippen LogP contribution in [0.1, 0.15) is 16.8 Å². The molecule has 9 nitrogen and oxygen atoms in total. The number of benzene rings is 2. The number of nitro groups is 1. The van der Waals surface area contributed by atoms with Gasteiger partial charge in [0.15, 0.2) is 16.6 Å². The average Bonchev–Trinajstić information content (AvgIpc) is 3.17. The minimum atomic E-state index is -0.595. The molecule has 0 bridgehead atoms. The third-order valence-electron chi connectivity index (χ3n) is 4.73. The van der Waals surface area contributed by atoms with E-state index >= 15 is 0 Å². The number of hydrogen-bond acceptors (Lipinski definition) is 8. The van der Waals surface area contributed by atoms with Gasteiger partial charge in [-0.05, 0) is 45.3 Å². The number of rotatable bonds is 9. The maximum absolute atomic E-state index is 13.6. The molecule has 0 aliphatic rings. The first-order valence-corrected chi connectivity index (χ1v) is 11.3. The van der Waals surface area contributed by atoms with Gasteiger partial charge in [-0.25, -0.2) is 4.98 Å². The molecule has 0 unspecified atom stereocenters. The first kappa shape index (κ1) is 23.9. The number of hydrogen-bond donors (Lipinski definition) is 0.